The van der Waals surface area contributed by atoms with Crippen LogP contribution in [0.1, 0.15) is 11.5 Å². The van der Waals surface area contributed by atoms with Crippen molar-refractivity contribution < 1.29 is 4.79 Å². The number of hydrogen-bond donors (Lipinski definition) is 2. The van der Waals surface area contributed by atoms with Gasteiger partial charge in [0.1, 0.15) is 5.82 Å². The van der Waals surface area contributed by atoms with Crippen LogP contribution in [0.25, 0.3) is 10.9 Å². The number of hydrogen-bond acceptors (Lipinski definition) is 4. The highest BCUT2D eigenvalue weighted by molar-refractivity contribution is 5.94. The molecule has 2 aromatic heterocycles. The Labute approximate surface area is 139 Å². The second kappa shape index (κ2) is 6.05. The lowest BCUT2D eigenvalue weighted by atomic mass is 9.90. The van der Waals surface area contributed by atoms with Crippen LogP contribution >= 0.6 is 0 Å². The third-order valence-electron chi connectivity index (χ3n) is 4.55. The lowest BCUT2D eigenvalue weighted by molar-refractivity contribution is -0.119. The van der Waals surface area contributed by atoms with Gasteiger partial charge in [-0.3, -0.25) is 9.48 Å². The van der Waals surface area contributed by atoms with Gasteiger partial charge in [0.05, 0.1) is 17.6 Å². The summed E-state index contributed by atoms with van der Waals surface area (Å²) in [5.41, 5.74) is 1.97. The topological polar surface area (TPSA) is 71.8 Å². The summed E-state index contributed by atoms with van der Waals surface area (Å²) in [6.45, 7) is 1.45. The van der Waals surface area contributed by atoms with Crippen LogP contribution in [0.4, 0.5) is 5.82 Å². The van der Waals surface area contributed by atoms with Crippen molar-refractivity contribution in [3.63, 3.8) is 0 Å². The average Bonchev–Trinajstić information content (AvgIpc) is 3.23. The molecule has 0 saturated carbocycles. The lowest BCUT2D eigenvalue weighted by Gasteiger charge is -2.16. The van der Waals surface area contributed by atoms with Gasteiger partial charge in [0.2, 0.25) is 5.91 Å². The van der Waals surface area contributed by atoms with Crippen LogP contribution in [0, 0.1) is 5.92 Å². The van der Waals surface area contributed by atoms with E-state index in [0.29, 0.717) is 12.4 Å². The maximum atomic E-state index is 12.7. The highest BCUT2D eigenvalue weighted by Gasteiger charge is 2.34. The van der Waals surface area contributed by atoms with Crippen molar-refractivity contribution in [2.45, 2.75) is 5.92 Å². The van der Waals surface area contributed by atoms with Gasteiger partial charge in [-0.2, -0.15) is 5.10 Å². The van der Waals surface area contributed by atoms with E-state index in [1.54, 1.807) is 4.68 Å². The zero-order valence-electron chi connectivity index (χ0n) is 13.4. The third-order valence-corrected chi connectivity index (χ3v) is 4.55. The summed E-state index contributed by atoms with van der Waals surface area (Å²) in [4.78, 5) is 17.2. The standard InChI is InChI=1S/C18H19N5O/c1-23-11-13(8-20-23)14-9-19-10-15(14)18(24)22-17-7-6-12-4-2-3-5-16(12)21-17/h2-8,11,14-15,19H,9-10H2,1H3,(H,21,22,24)/t14-,15+/m1/s1. The molecule has 3 aromatic rings. The van der Waals surface area contributed by atoms with E-state index >= 15 is 0 Å². The Balaban J connectivity index is 1.54. The number of pyridine rings is 1. The molecule has 122 valence electrons. The number of para-hydroxylation sites is 1. The first-order valence-corrected chi connectivity index (χ1v) is 8.06. The Bertz CT molecular complexity index is 888. The molecule has 1 aliphatic rings. The highest BCUT2D eigenvalue weighted by Crippen LogP contribution is 2.28. The molecule has 1 fully saturated rings. The van der Waals surface area contributed by atoms with E-state index in [-0.39, 0.29) is 17.7 Å². The van der Waals surface area contributed by atoms with Gasteiger partial charge in [-0.15, -0.1) is 0 Å². The normalized spacial score (nSPS) is 20.4. The fourth-order valence-corrected chi connectivity index (χ4v) is 3.29. The molecule has 1 amide bonds. The summed E-state index contributed by atoms with van der Waals surface area (Å²) in [5, 5.41) is 11.6. The molecule has 0 unspecified atom stereocenters. The molecule has 0 aliphatic carbocycles. The number of nitrogens with zero attached hydrogens (tertiary/aromatic N) is 3. The first-order chi connectivity index (χ1) is 11.7. The van der Waals surface area contributed by atoms with Gasteiger partial charge in [-0.1, -0.05) is 18.2 Å². The van der Waals surface area contributed by atoms with E-state index in [0.717, 1.165) is 23.0 Å². The van der Waals surface area contributed by atoms with E-state index < -0.39 is 0 Å². The average molecular weight is 321 g/mol. The van der Waals surface area contributed by atoms with Gasteiger partial charge in [0, 0.05) is 37.6 Å². The summed E-state index contributed by atoms with van der Waals surface area (Å²) in [6, 6.07) is 11.7. The SMILES string of the molecule is Cn1cc([C@H]2CNC[C@@H]2C(=O)Nc2ccc3ccccc3n2)cn1. The first-order valence-electron chi connectivity index (χ1n) is 8.06. The van der Waals surface area contributed by atoms with Gasteiger partial charge in [-0.05, 0) is 23.8 Å². The molecule has 3 heterocycles. The number of amides is 1. The van der Waals surface area contributed by atoms with E-state index in [9.17, 15) is 4.79 Å². The second-order valence-corrected chi connectivity index (χ2v) is 6.20. The van der Waals surface area contributed by atoms with Crippen LogP contribution in [0.3, 0.4) is 0 Å². The summed E-state index contributed by atoms with van der Waals surface area (Å²) in [7, 11) is 1.89. The fourth-order valence-electron chi connectivity index (χ4n) is 3.29. The van der Waals surface area contributed by atoms with Crippen LogP contribution in [0.5, 0.6) is 0 Å². The molecule has 1 aromatic carbocycles. The number of carbonyl (C=O) groups excluding carboxylic acids is 1. The number of benzene rings is 1. The lowest BCUT2D eigenvalue weighted by Crippen LogP contribution is -2.28. The smallest absolute Gasteiger partial charge is 0.230 e. The van der Waals surface area contributed by atoms with Crippen molar-refractivity contribution in [1.29, 1.82) is 0 Å². The van der Waals surface area contributed by atoms with Crippen LogP contribution in [-0.2, 0) is 11.8 Å². The third kappa shape index (κ3) is 2.76. The maximum Gasteiger partial charge on any atom is 0.230 e. The Morgan fingerprint density at radius 3 is 2.96 bits per heavy atom. The molecule has 0 radical (unpaired) electrons. The first kappa shape index (κ1) is 14.8. The molecular formula is C18H19N5O. The molecule has 6 heteroatoms. The van der Waals surface area contributed by atoms with E-state index in [1.165, 1.54) is 0 Å². The summed E-state index contributed by atoms with van der Waals surface area (Å²) >= 11 is 0. The van der Waals surface area contributed by atoms with Crippen molar-refractivity contribution in [1.82, 2.24) is 20.1 Å². The van der Waals surface area contributed by atoms with Crippen LogP contribution in [-0.4, -0.2) is 33.8 Å². The molecule has 1 aliphatic heterocycles. The van der Waals surface area contributed by atoms with E-state index in [2.05, 4.69) is 20.7 Å². The second-order valence-electron chi connectivity index (χ2n) is 6.20. The molecule has 2 N–H and O–H groups in total. The van der Waals surface area contributed by atoms with Gasteiger partial charge in [-0.25, -0.2) is 4.98 Å². The van der Waals surface area contributed by atoms with Crippen LogP contribution in [0.2, 0.25) is 0 Å². The van der Waals surface area contributed by atoms with E-state index in [4.69, 9.17) is 0 Å². The number of rotatable bonds is 3. The van der Waals surface area contributed by atoms with Crippen molar-refractivity contribution in [2.75, 3.05) is 18.4 Å². The minimum absolute atomic E-state index is 0.00312. The van der Waals surface area contributed by atoms with Gasteiger partial charge >= 0.3 is 0 Å². The number of nitrogens with one attached hydrogen (secondary N) is 2. The van der Waals surface area contributed by atoms with Gasteiger partial charge in [0.15, 0.2) is 0 Å². The van der Waals surface area contributed by atoms with Crippen molar-refractivity contribution >= 4 is 22.6 Å². The zero-order valence-corrected chi connectivity index (χ0v) is 13.4. The van der Waals surface area contributed by atoms with Gasteiger partial charge in [0.25, 0.3) is 0 Å². The quantitative estimate of drug-likeness (QED) is 0.773. The molecular weight excluding hydrogens is 302 g/mol. The zero-order chi connectivity index (χ0) is 16.5. The van der Waals surface area contributed by atoms with E-state index in [1.807, 2.05) is 55.8 Å². The molecule has 24 heavy (non-hydrogen) atoms. The monoisotopic (exact) mass is 321 g/mol. The Hall–Kier alpha value is -2.73. The number of aryl methyl sites for hydroxylation is 1. The summed E-state index contributed by atoms with van der Waals surface area (Å²) in [5.74, 6) is 0.605. The maximum absolute atomic E-state index is 12.7. The Kier molecular flexibility index (Phi) is 3.74. The van der Waals surface area contributed by atoms with Crippen molar-refractivity contribution in [3.05, 3.63) is 54.4 Å². The predicted octanol–water partition coefficient (Wildman–Crippen LogP) is 1.91. The fraction of sp³-hybridized carbons (Fsp3) is 0.278. The highest BCUT2D eigenvalue weighted by atomic mass is 16.2. The molecule has 6 nitrogen and oxygen atoms in total. The summed E-state index contributed by atoms with van der Waals surface area (Å²) in [6.07, 6.45) is 3.82. The van der Waals surface area contributed by atoms with Crippen molar-refractivity contribution in [2.24, 2.45) is 13.0 Å². The van der Waals surface area contributed by atoms with Crippen LogP contribution in [0.15, 0.2) is 48.8 Å². The molecule has 2 atom stereocenters. The van der Waals surface area contributed by atoms with Crippen molar-refractivity contribution in [3.8, 4) is 0 Å². The molecule has 0 spiro atoms. The number of aromatic nitrogens is 3. The minimum atomic E-state index is -0.123. The van der Waals surface area contributed by atoms with Crippen LogP contribution < -0.4 is 10.6 Å². The minimum Gasteiger partial charge on any atom is -0.315 e. The predicted molar refractivity (Wildman–Crippen MR) is 92.7 cm³/mol. The number of anilines is 1. The summed E-state index contributed by atoms with van der Waals surface area (Å²) < 4.78 is 1.77. The molecule has 0 bridgehead atoms. The Morgan fingerprint density at radius 2 is 2.12 bits per heavy atom. The van der Waals surface area contributed by atoms with Gasteiger partial charge < -0.3 is 10.6 Å². The largest absolute Gasteiger partial charge is 0.315 e. The molecule has 1 saturated heterocycles. The molecule has 4 rings (SSSR count). The number of carbonyl (C=O) groups is 1. The number of fused-ring (bicyclic) bond motifs is 1. The Morgan fingerprint density at radius 1 is 1.25 bits per heavy atom.